The first-order valence-corrected chi connectivity index (χ1v) is 12.0. The summed E-state index contributed by atoms with van der Waals surface area (Å²) in [5.41, 5.74) is 0.817. The Labute approximate surface area is 197 Å². The lowest BCUT2D eigenvalue weighted by molar-refractivity contribution is 0.0131. The summed E-state index contributed by atoms with van der Waals surface area (Å²) in [4.78, 5) is 28.0. The van der Waals surface area contributed by atoms with Crippen LogP contribution < -0.4 is 14.8 Å². The van der Waals surface area contributed by atoms with Crippen LogP contribution in [0.15, 0.2) is 28.6 Å². The summed E-state index contributed by atoms with van der Waals surface area (Å²) in [6.45, 7) is 8.45. The summed E-state index contributed by atoms with van der Waals surface area (Å²) >= 11 is 3.13. The Balaban J connectivity index is 1.46. The Bertz CT molecular complexity index is 866. The van der Waals surface area contributed by atoms with E-state index in [2.05, 4.69) is 20.3 Å². The van der Waals surface area contributed by atoms with Crippen molar-refractivity contribution in [2.75, 3.05) is 45.1 Å². The number of ether oxygens (including phenoxy) is 3. The standard InChI is InChI=1S/C21H30N4O5S2/c1-21(2,3)30-20(27)25-10-8-24(9-11-25)19-22-17(13-31-19)32-23-15-7-6-14(18(26)29-5)12-16(15)28-4/h6-7,12-13,19,22-23H,8-11H2,1-5H3. The van der Waals surface area contributed by atoms with Gasteiger partial charge < -0.3 is 29.1 Å². The molecule has 1 aromatic carbocycles. The van der Waals surface area contributed by atoms with Gasteiger partial charge in [-0.3, -0.25) is 4.90 Å². The zero-order valence-electron chi connectivity index (χ0n) is 19.0. The summed E-state index contributed by atoms with van der Waals surface area (Å²) in [6.07, 6.45) is -0.255. The Morgan fingerprint density at radius 1 is 1.19 bits per heavy atom. The SMILES string of the molecule is COC(=O)c1ccc(NSC2=CSC(N3CCN(C(=O)OC(C)(C)C)CC3)N2)c(OC)c1. The summed E-state index contributed by atoms with van der Waals surface area (Å²) in [6, 6.07) is 5.12. The number of rotatable bonds is 6. The van der Waals surface area contributed by atoms with E-state index in [1.54, 1.807) is 42.0 Å². The van der Waals surface area contributed by atoms with Crippen LogP contribution in [0.5, 0.6) is 5.75 Å². The van der Waals surface area contributed by atoms with Gasteiger partial charge in [-0.25, -0.2) is 9.59 Å². The molecule has 1 unspecified atom stereocenters. The van der Waals surface area contributed by atoms with E-state index in [0.29, 0.717) is 24.4 Å². The highest BCUT2D eigenvalue weighted by Gasteiger charge is 2.31. The van der Waals surface area contributed by atoms with Crippen molar-refractivity contribution in [1.29, 1.82) is 0 Å². The van der Waals surface area contributed by atoms with E-state index in [-0.39, 0.29) is 11.6 Å². The van der Waals surface area contributed by atoms with E-state index in [9.17, 15) is 9.59 Å². The zero-order valence-corrected chi connectivity index (χ0v) is 20.6. The number of thioether (sulfide) groups is 1. The first-order chi connectivity index (χ1) is 15.2. The summed E-state index contributed by atoms with van der Waals surface area (Å²) in [5.74, 6) is 0.148. The van der Waals surface area contributed by atoms with Gasteiger partial charge in [-0.05, 0) is 39.0 Å². The largest absolute Gasteiger partial charge is 0.495 e. The number of nitrogens with one attached hydrogen (secondary N) is 2. The Morgan fingerprint density at radius 3 is 2.53 bits per heavy atom. The number of anilines is 1. The zero-order chi connectivity index (χ0) is 23.3. The van der Waals surface area contributed by atoms with Crippen LogP contribution >= 0.6 is 23.7 Å². The van der Waals surface area contributed by atoms with Crippen molar-refractivity contribution in [3.63, 3.8) is 0 Å². The molecule has 1 atom stereocenters. The average molecular weight is 483 g/mol. The number of benzene rings is 1. The number of hydrogen-bond acceptors (Lipinski definition) is 10. The molecule has 0 aliphatic carbocycles. The van der Waals surface area contributed by atoms with Crippen molar-refractivity contribution in [2.24, 2.45) is 0 Å². The molecular formula is C21H30N4O5S2. The number of hydrogen-bond donors (Lipinski definition) is 2. The van der Waals surface area contributed by atoms with E-state index in [0.717, 1.165) is 23.8 Å². The Morgan fingerprint density at radius 2 is 1.91 bits per heavy atom. The highest BCUT2D eigenvalue weighted by atomic mass is 32.2. The van der Waals surface area contributed by atoms with E-state index in [4.69, 9.17) is 14.2 Å². The molecule has 1 amide bonds. The predicted octanol–water partition coefficient (Wildman–Crippen LogP) is 3.51. The minimum atomic E-state index is -0.484. The number of carbonyl (C=O) groups is 2. The van der Waals surface area contributed by atoms with Crippen molar-refractivity contribution >= 4 is 41.5 Å². The summed E-state index contributed by atoms with van der Waals surface area (Å²) in [5, 5.41) is 6.54. The molecule has 1 fully saturated rings. The van der Waals surface area contributed by atoms with Gasteiger partial charge in [-0.1, -0.05) is 11.8 Å². The maximum Gasteiger partial charge on any atom is 0.410 e. The van der Waals surface area contributed by atoms with Crippen LogP contribution in [0.3, 0.4) is 0 Å². The van der Waals surface area contributed by atoms with Crippen LogP contribution in [0.1, 0.15) is 31.1 Å². The molecule has 1 saturated heterocycles. The molecule has 32 heavy (non-hydrogen) atoms. The molecule has 0 saturated carbocycles. The molecule has 2 aliphatic rings. The molecule has 0 radical (unpaired) electrons. The normalized spacial score (nSPS) is 19.1. The van der Waals surface area contributed by atoms with Crippen molar-refractivity contribution < 1.29 is 23.8 Å². The summed E-state index contributed by atoms with van der Waals surface area (Å²) < 4.78 is 18.9. The lowest BCUT2D eigenvalue weighted by Crippen LogP contribution is -2.54. The molecule has 3 rings (SSSR count). The van der Waals surface area contributed by atoms with Gasteiger partial charge in [0.15, 0.2) is 0 Å². The first-order valence-electron chi connectivity index (χ1n) is 10.2. The monoisotopic (exact) mass is 482 g/mol. The van der Waals surface area contributed by atoms with E-state index in [1.807, 2.05) is 20.8 Å². The maximum absolute atomic E-state index is 12.2. The molecule has 9 nitrogen and oxygen atoms in total. The second-order valence-corrected chi connectivity index (χ2v) is 10.0. The van der Waals surface area contributed by atoms with Gasteiger partial charge in [0.25, 0.3) is 0 Å². The van der Waals surface area contributed by atoms with Gasteiger partial charge in [-0.2, -0.15) is 0 Å². The van der Waals surface area contributed by atoms with Crippen molar-refractivity contribution in [3.8, 4) is 5.75 Å². The molecule has 2 heterocycles. The third-order valence-corrected chi connectivity index (χ3v) is 6.73. The molecule has 11 heteroatoms. The number of methoxy groups -OCH3 is 2. The highest BCUT2D eigenvalue weighted by molar-refractivity contribution is 8.07. The van der Waals surface area contributed by atoms with Gasteiger partial charge >= 0.3 is 12.1 Å². The molecular weight excluding hydrogens is 452 g/mol. The van der Waals surface area contributed by atoms with Crippen molar-refractivity contribution in [3.05, 3.63) is 34.2 Å². The molecule has 2 N–H and O–H groups in total. The second kappa shape index (κ2) is 10.6. The lowest BCUT2D eigenvalue weighted by Gasteiger charge is -2.38. The predicted molar refractivity (Wildman–Crippen MR) is 128 cm³/mol. The fourth-order valence-corrected chi connectivity index (χ4v) is 5.03. The Kier molecular flexibility index (Phi) is 8.07. The molecule has 0 spiro atoms. The van der Waals surface area contributed by atoms with Crippen LogP contribution in [0.25, 0.3) is 0 Å². The number of nitrogens with zero attached hydrogens (tertiary/aromatic N) is 2. The van der Waals surface area contributed by atoms with Crippen LogP contribution in [-0.4, -0.2) is 73.4 Å². The van der Waals surface area contributed by atoms with Crippen LogP contribution in [0, 0.1) is 0 Å². The molecule has 0 bridgehead atoms. The van der Waals surface area contributed by atoms with Gasteiger partial charge in [0.2, 0.25) is 0 Å². The third kappa shape index (κ3) is 6.39. The van der Waals surface area contributed by atoms with Crippen LogP contribution in [0.4, 0.5) is 10.5 Å². The maximum atomic E-state index is 12.2. The second-order valence-electron chi connectivity index (χ2n) is 8.23. The highest BCUT2D eigenvalue weighted by Crippen LogP contribution is 2.34. The quantitative estimate of drug-likeness (QED) is 0.463. The van der Waals surface area contributed by atoms with Crippen molar-refractivity contribution in [1.82, 2.24) is 15.1 Å². The summed E-state index contributed by atoms with van der Waals surface area (Å²) in [7, 11) is 2.91. The minimum Gasteiger partial charge on any atom is -0.495 e. The minimum absolute atomic E-state index is 0.115. The number of piperazine rings is 1. The topological polar surface area (TPSA) is 92.4 Å². The van der Waals surface area contributed by atoms with Gasteiger partial charge in [0.1, 0.15) is 16.8 Å². The van der Waals surface area contributed by atoms with Gasteiger partial charge in [0, 0.05) is 43.5 Å². The first kappa shape index (κ1) is 24.4. The van der Waals surface area contributed by atoms with Gasteiger partial charge in [-0.15, -0.1) is 0 Å². The molecule has 2 aliphatic heterocycles. The smallest absolute Gasteiger partial charge is 0.410 e. The molecule has 1 aromatic rings. The molecule has 176 valence electrons. The molecule has 0 aromatic heterocycles. The average Bonchev–Trinajstić information content (AvgIpc) is 3.25. The lowest BCUT2D eigenvalue weighted by atomic mass is 10.2. The fourth-order valence-electron chi connectivity index (χ4n) is 3.14. The Hall–Kier alpha value is -2.24. The van der Waals surface area contributed by atoms with Crippen LogP contribution in [0.2, 0.25) is 0 Å². The van der Waals surface area contributed by atoms with Gasteiger partial charge in [0.05, 0.1) is 30.5 Å². The fraction of sp³-hybridized carbons (Fsp3) is 0.524. The van der Waals surface area contributed by atoms with E-state index < -0.39 is 11.6 Å². The van der Waals surface area contributed by atoms with E-state index in [1.165, 1.54) is 19.1 Å². The third-order valence-electron chi connectivity index (χ3n) is 4.76. The number of carbonyl (C=O) groups excluding carboxylic acids is 2. The van der Waals surface area contributed by atoms with Crippen molar-refractivity contribution in [2.45, 2.75) is 31.9 Å². The number of amides is 1. The van der Waals surface area contributed by atoms with E-state index >= 15 is 0 Å². The number of esters is 1. The van der Waals surface area contributed by atoms with Crippen LogP contribution in [-0.2, 0) is 9.47 Å².